The molecule has 2 N–H and O–H groups in total. The average Bonchev–Trinajstić information content (AvgIpc) is 3.00. The van der Waals surface area contributed by atoms with Gasteiger partial charge in [-0.25, -0.2) is 0 Å². The molecule has 1 saturated heterocycles. The number of amides is 3. The highest BCUT2D eigenvalue weighted by atomic mass is 32.2. The van der Waals surface area contributed by atoms with Crippen molar-refractivity contribution in [2.24, 2.45) is 0 Å². The van der Waals surface area contributed by atoms with Crippen LogP contribution in [-0.4, -0.2) is 30.8 Å². The van der Waals surface area contributed by atoms with Gasteiger partial charge in [-0.1, -0.05) is 18.2 Å². The van der Waals surface area contributed by atoms with Gasteiger partial charge >= 0.3 is 0 Å². The Kier molecular flexibility index (Phi) is 6.23. The van der Waals surface area contributed by atoms with E-state index >= 15 is 0 Å². The lowest BCUT2D eigenvalue weighted by atomic mass is 10.1. The van der Waals surface area contributed by atoms with Crippen molar-refractivity contribution in [3.8, 4) is 11.5 Å². The van der Waals surface area contributed by atoms with Crippen LogP contribution in [0.5, 0.6) is 11.5 Å². The van der Waals surface area contributed by atoms with E-state index in [0.717, 1.165) is 28.6 Å². The van der Waals surface area contributed by atoms with E-state index in [1.54, 1.807) is 24.3 Å². The molecule has 0 bridgehead atoms. The van der Waals surface area contributed by atoms with Crippen LogP contribution >= 0.6 is 11.8 Å². The number of aryl methyl sites for hydroxylation is 2. The van der Waals surface area contributed by atoms with Crippen LogP contribution in [0.4, 0.5) is 10.5 Å². The number of thioether (sulfide) groups is 1. The van der Waals surface area contributed by atoms with E-state index in [1.165, 1.54) is 7.11 Å². The number of ether oxygens (including phenoxy) is 2. The zero-order chi connectivity index (χ0) is 21.0. The maximum atomic E-state index is 12.2. The Morgan fingerprint density at radius 3 is 2.62 bits per heavy atom. The van der Waals surface area contributed by atoms with E-state index in [2.05, 4.69) is 10.6 Å². The predicted molar refractivity (Wildman–Crippen MR) is 112 cm³/mol. The smallest absolute Gasteiger partial charge is 0.290 e. The van der Waals surface area contributed by atoms with Crippen LogP contribution < -0.4 is 20.1 Å². The summed E-state index contributed by atoms with van der Waals surface area (Å²) in [5.41, 5.74) is 3.43. The van der Waals surface area contributed by atoms with E-state index in [4.69, 9.17) is 9.47 Å². The number of anilines is 1. The van der Waals surface area contributed by atoms with E-state index in [1.807, 2.05) is 32.0 Å². The fourth-order valence-electron chi connectivity index (χ4n) is 2.67. The van der Waals surface area contributed by atoms with Gasteiger partial charge in [-0.3, -0.25) is 19.7 Å². The summed E-state index contributed by atoms with van der Waals surface area (Å²) in [6.07, 6.45) is 1.59. The molecule has 0 spiro atoms. The fraction of sp³-hybridized carbons (Fsp3) is 0.190. The summed E-state index contributed by atoms with van der Waals surface area (Å²) < 4.78 is 10.9. The number of imide groups is 1. The van der Waals surface area contributed by atoms with Crippen molar-refractivity contribution in [3.63, 3.8) is 0 Å². The summed E-state index contributed by atoms with van der Waals surface area (Å²) >= 11 is 0.840. The molecule has 0 saturated carbocycles. The van der Waals surface area contributed by atoms with E-state index in [9.17, 15) is 14.4 Å². The summed E-state index contributed by atoms with van der Waals surface area (Å²) in [5, 5.41) is 4.64. The second kappa shape index (κ2) is 8.83. The third-order valence-corrected chi connectivity index (χ3v) is 4.96. The van der Waals surface area contributed by atoms with Crippen LogP contribution in [0.25, 0.3) is 6.08 Å². The number of hydrogen-bond donors (Lipinski definition) is 2. The highest BCUT2D eigenvalue weighted by Gasteiger charge is 2.25. The second-order valence-electron chi connectivity index (χ2n) is 6.42. The molecular weight excluding hydrogens is 392 g/mol. The van der Waals surface area contributed by atoms with E-state index < -0.39 is 11.1 Å². The summed E-state index contributed by atoms with van der Waals surface area (Å²) in [4.78, 5) is 35.5. The lowest BCUT2D eigenvalue weighted by Gasteiger charge is -2.13. The van der Waals surface area contributed by atoms with Crippen LogP contribution in [0.1, 0.15) is 16.7 Å². The van der Waals surface area contributed by atoms with E-state index in [0.29, 0.717) is 22.0 Å². The van der Waals surface area contributed by atoms with Crippen LogP contribution in [0.15, 0.2) is 41.3 Å². The quantitative estimate of drug-likeness (QED) is 0.704. The van der Waals surface area contributed by atoms with Crippen molar-refractivity contribution in [1.82, 2.24) is 5.32 Å². The highest BCUT2D eigenvalue weighted by Crippen LogP contribution is 2.31. The van der Waals surface area contributed by atoms with Crippen LogP contribution in [0.2, 0.25) is 0 Å². The standard InChI is InChI=1S/C21H20N2O5S/c1-12-4-5-13(2)15(8-12)22-19(24)11-28-16-7-6-14(9-17(16)27-3)10-18-20(25)23-21(26)29-18/h4-10H,11H2,1-3H3,(H,22,24)(H,23,25,26)/b18-10-. The Morgan fingerprint density at radius 1 is 1.14 bits per heavy atom. The number of rotatable bonds is 6. The number of carbonyl (C=O) groups is 3. The molecule has 1 fully saturated rings. The number of nitrogens with one attached hydrogen (secondary N) is 2. The summed E-state index contributed by atoms with van der Waals surface area (Å²) in [6.45, 7) is 3.69. The van der Waals surface area contributed by atoms with Gasteiger partial charge in [0.25, 0.3) is 17.1 Å². The largest absolute Gasteiger partial charge is 0.493 e. The first-order valence-electron chi connectivity index (χ1n) is 8.78. The van der Waals surface area contributed by atoms with Crippen LogP contribution in [-0.2, 0) is 9.59 Å². The Hall–Kier alpha value is -3.26. The van der Waals surface area contributed by atoms with Gasteiger partial charge in [-0.05, 0) is 66.6 Å². The predicted octanol–water partition coefficient (Wildman–Crippen LogP) is 3.65. The van der Waals surface area contributed by atoms with Crippen molar-refractivity contribution < 1.29 is 23.9 Å². The van der Waals surface area contributed by atoms with Crippen molar-refractivity contribution in [1.29, 1.82) is 0 Å². The van der Waals surface area contributed by atoms with Crippen LogP contribution in [0, 0.1) is 13.8 Å². The van der Waals surface area contributed by atoms with Gasteiger partial charge < -0.3 is 14.8 Å². The molecule has 150 valence electrons. The maximum absolute atomic E-state index is 12.2. The molecule has 0 aliphatic carbocycles. The number of methoxy groups -OCH3 is 1. The Labute approximate surface area is 172 Å². The monoisotopic (exact) mass is 412 g/mol. The summed E-state index contributed by atoms with van der Waals surface area (Å²) in [5.74, 6) is 0.0888. The molecule has 8 heteroatoms. The van der Waals surface area contributed by atoms with Gasteiger partial charge in [0.2, 0.25) is 0 Å². The third kappa shape index (κ3) is 5.17. The number of carbonyl (C=O) groups excluding carboxylic acids is 3. The second-order valence-corrected chi connectivity index (χ2v) is 7.43. The molecule has 7 nitrogen and oxygen atoms in total. The van der Waals surface area contributed by atoms with Crippen LogP contribution in [0.3, 0.4) is 0 Å². The zero-order valence-electron chi connectivity index (χ0n) is 16.2. The number of hydrogen-bond acceptors (Lipinski definition) is 6. The maximum Gasteiger partial charge on any atom is 0.290 e. The van der Waals surface area contributed by atoms with Gasteiger partial charge in [-0.15, -0.1) is 0 Å². The first kappa shape index (κ1) is 20.5. The van der Waals surface area contributed by atoms with Gasteiger partial charge in [0.15, 0.2) is 18.1 Å². The molecule has 0 aromatic heterocycles. The van der Waals surface area contributed by atoms with Crippen molar-refractivity contribution in [3.05, 3.63) is 58.0 Å². The number of benzene rings is 2. The van der Waals surface area contributed by atoms with Gasteiger partial charge in [0.1, 0.15) is 0 Å². The normalized spacial score (nSPS) is 14.7. The molecule has 0 radical (unpaired) electrons. The Morgan fingerprint density at radius 2 is 1.93 bits per heavy atom. The lowest BCUT2D eigenvalue weighted by Crippen LogP contribution is -2.20. The molecule has 3 amide bonds. The molecule has 0 unspecified atom stereocenters. The molecule has 1 aliphatic heterocycles. The first-order valence-corrected chi connectivity index (χ1v) is 9.60. The minimum Gasteiger partial charge on any atom is -0.493 e. The highest BCUT2D eigenvalue weighted by molar-refractivity contribution is 8.18. The van der Waals surface area contributed by atoms with Crippen molar-refractivity contribution >= 4 is 40.6 Å². The molecular formula is C21H20N2O5S. The Balaban J connectivity index is 1.67. The third-order valence-electron chi connectivity index (χ3n) is 4.15. The van der Waals surface area contributed by atoms with E-state index in [-0.39, 0.29) is 12.5 Å². The van der Waals surface area contributed by atoms with Crippen molar-refractivity contribution in [2.75, 3.05) is 19.0 Å². The zero-order valence-corrected chi connectivity index (χ0v) is 17.0. The SMILES string of the molecule is COc1cc(/C=C2\SC(=O)NC2=O)ccc1OCC(=O)Nc1cc(C)ccc1C. The molecule has 1 aliphatic rings. The van der Waals surface area contributed by atoms with Gasteiger partial charge in [0.05, 0.1) is 12.0 Å². The fourth-order valence-corrected chi connectivity index (χ4v) is 3.35. The first-order chi connectivity index (χ1) is 13.9. The molecule has 3 rings (SSSR count). The minimum absolute atomic E-state index is 0.184. The molecule has 0 atom stereocenters. The molecule has 1 heterocycles. The summed E-state index contributed by atoms with van der Waals surface area (Å²) in [7, 11) is 1.48. The molecule has 2 aromatic carbocycles. The van der Waals surface area contributed by atoms with Gasteiger partial charge in [-0.2, -0.15) is 0 Å². The van der Waals surface area contributed by atoms with Crippen molar-refractivity contribution in [2.45, 2.75) is 13.8 Å². The average molecular weight is 412 g/mol. The summed E-state index contributed by atoms with van der Waals surface area (Å²) in [6, 6.07) is 10.9. The Bertz CT molecular complexity index is 1020. The minimum atomic E-state index is -0.428. The molecule has 29 heavy (non-hydrogen) atoms. The molecule has 2 aromatic rings. The lowest BCUT2D eigenvalue weighted by molar-refractivity contribution is -0.118. The van der Waals surface area contributed by atoms with Gasteiger partial charge in [0, 0.05) is 5.69 Å². The topological polar surface area (TPSA) is 93.7 Å².